The Morgan fingerprint density at radius 3 is 2.60 bits per heavy atom. The number of hydrogen-bond acceptors (Lipinski definition) is 6. The second kappa shape index (κ2) is 7.14. The molecule has 2 aromatic rings. The van der Waals surface area contributed by atoms with Gasteiger partial charge in [0.2, 0.25) is 6.79 Å². The zero-order valence-electron chi connectivity index (χ0n) is 12.9. The van der Waals surface area contributed by atoms with Gasteiger partial charge in [0.25, 0.3) is 0 Å². The van der Waals surface area contributed by atoms with Crippen molar-refractivity contribution in [3.63, 3.8) is 0 Å². The maximum Gasteiger partial charge on any atom is 0.329 e. The molecule has 25 heavy (non-hydrogen) atoms. The number of carbonyl (C=O) groups excluding carboxylic acids is 2. The highest BCUT2D eigenvalue weighted by molar-refractivity contribution is 6.39. The van der Waals surface area contributed by atoms with Crippen molar-refractivity contribution >= 4 is 23.7 Å². The third-order valence-corrected chi connectivity index (χ3v) is 3.25. The number of nitrogens with zero attached hydrogens (tertiary/aromatic N) is 2. The molecular formula is C17H12N4O4. The van der Waals surface area contributed by atoms with E-state index in [1.54, 1.807) is 18.2 Å². The van der Waals surface area contributed by atoms with E-state index >= 15 is 0 Å². The van der Waals surface area contributed by atoms with Gasteiger partial charge in [0.1, 0.15) is 0 Å². The minimum absolute atomic E-state index is 0.169. The predicted octanol–water partition coefficient (Wildman–Crippen LogP) is 1.38. The van der Waals surface area contributed by atoms with E-state index in [4.69, 9.17) is 14.7 Å². The molecule has 0 saturated heterocycles. The minimum Gasteiger partial charge on any atom is -0.454 e. The molecule has 0 aromatic heterocycles. The monoisotopic (exact) mass is 336 g/mol. The van der Waals surface area contributed by atoms with Gasteiger partial charge < -0.3 is 14.8 Å². The predicted molar refractivity (Wildman–Crippen MR) is 88.1 cm³/mol. The lowest BCUT2D eigenvalue weighted by Gasteiger charge is -2.03. The van der Waals surface area contributed by atoms with Crippen LogP contribution in [-0.2, 0) is 9.59 Å². The molecule has 0 unspecified atom stereocenters. The summed E-state index contributed by atoms with van der Waals surface area (Å²) in [6.45, 7) is 0.169. The summed E-state index contributed by atoms with van der Waals surface area (Å²) in [6, 6.07) is 13.2. The van der Waals surface area contributed by atoms with Gasteiger partial charge in [0, 0.05) is 5.69 Å². The number of hydrazone groups is 1. The first-order valence-corrected chi connectivity index (χ1v) is 7.20. The van der Waals surface area contributed by atoms with Crippen LogP contribution in [0.4, 0.5) is 5.69 Å². The molecule has 1 aliphatic heterocycles. The number of fused-ring (bicyclic) bond motifs is 1. The summed E-state index contributed by atoms with van der Waals surface area (Å²) in [4.78, 5) is 23.5. The molecule has 1 heterocycles. The second-order valence-electron chi connectivity index (χ2n) is 4.96. The van der Waals surface area contributed by atoms with Crippen LogP contribution in [0, 0.1) is 11.3 Å². The maximum atomic E-state index is 11.8. The third-order valence-electron chi connectivity index (χ3n) is 3.25. The number of amides is 2. The van der Waals surface area contributed by atoms with Crippen LogP contribution in [0.15, 0.2) is 47.6 Å². The summed E-state index contributed by atoms with van der Waals surface area (Å²) < 4.78 is 10.4. The molecule has 2 amide bonds. The smallest absolute Gasteiger partial charge is 0.329 e. The van der Waals surface area contributed by atoms with Crippen LogP contribution in [0.25, 0.3) is 0 Å². The molecule has 0 radical (unpaired) electrons. The van der Waals surface area contributed by atoms with Crippen LogP contribution < -0.4 is 20.2 Å². The summed E-state index contributed by atoms with van der Waals surface area (Å²) in [5, 5.41) is 14.8. The Bertz CT molecular complexity index is 885. The van der Waals surface area contributed by atoms with Gasteiger partial charge in [-0.3, -0.25) is 9.59 Å². The largest absolute Gasteiger partial charge is 0.454 e. The molecule has 3 rings (SSSR count). The molecule has 0 bridgehead atoms. The van der Waals surface area contributed by atoms with E-state index in [2.05, 4.69) is 15.8 Å². The SMILES string of the molecule is N#Cc1ccc(NC(=O)C(=O)NN=Cc2ccc3c(c2)OCO3)cc1. The number of ether oxygens (including phenoxy) is 2. The Kier molecular flexibility index (Phi) is 4.58. The lowest BCUT2D eigenvalue weighted by molar-refractivity contribution is -0.136. The summed E-state index contributed by atoms with van der Waals surface area (Å²) in [6.07, 6.45) is 1.38. The highest BCUT2D eigenvalue weighted by atomic mass is 16.7. The van der Waals surface area contributed by atoms with E-state index in [0.29, 0.717) is 28.3 Å². The van der Waals surface area contributed by atoms with Crippen molar-refractivity contribution in [1.82, 2.24) is 5.43 Å². The summed E-state index contributed by atoms with van der Waals surface area (Å²) in [7, 11) is 0. The fourth-order valence-corrected chi connectivity index (χ4v) is 2.03. The Morgan fingerprint density at radius 2 is 1.84 bits per heavy atom. The van der Waals surface area contributed by atoms with Crippen molar-refractivity contribution in [1.29, 1.82) is 5.26 Å². The molecule has 8 nitrogen and oxygen atoms in total. The van der Waals surface area contributed by atoms with Gasteiger partial charge in [-0.2, -0.15) is 10.4 Å². The number of benzene rings is 2. The summed E-state index contributed by atoms with van der Waals surface area (Å²) in [5.74, 6) is -0.550. The van der Waals surface area contributed by atoms with E-state index in [1.807, 2.05) is 6.07 Å². The Morgan fingerprint density at radius 1 is 1.08 bits per heavy atom. The van der Waals surface area contributed by atoms with E-state index in [9.17, 15) is 9.59 Å². The van der Waals surface area contributed by atoms with Crippen molar-refractivity contribution in [2.75, 3.05) is 12.1 Å². The Hall–Kier alpha value is -3.86. The van der Waals surface area contributed by atoms with Gasteiger partial charge in [-0.15, -0.1) is 0 Å². The number of carbonyl (C=O) groups is 2. The van der Waals surface area contributed by atoms with Crippen LogP contribution in [0.5, 0.6) is 11.5 Å². The van der Waals surface area contributed by atoms with Crippen molar-refractivity contribution in [2.45, 2.75) is 0 Å². The molecule has 0 fully saturated rings. The average Bonchev–Trinajstić information content (AvgIpc) is 3.10. The molecular weight excluding hydrogens is 324 g/mol. The topological polar surface area (TPSA) is 113 Å². The maximum absolute atomic E-state index is 11.8. The van der Waals surface area contributed by atoms with Gasteiger partial charge in [0.15, 0.2) is 11.5 Å². The lowest BCUT2D eigenvalue weighted by atomic mass is 10.2. The van der Waals surface area contributed by atoms with E-state index in [-0.39, 0.29) is 6.79 Å². The van der Waals surface area contributed by atoms with Crippen molar-refractivity contribution in [3.05, 3.63) is 53.6 Å². The number of hydrogen-bond donors (Lipinski definition) is 2. The van der Waals surface area contributed by atoms with Crippen LogP contribution in [0.3, 0.4) is 0 Å². The Balaban J connectivity index is 1.54. The molecule has 2 aromatic carbocycles. The molecule has 0 spiro atoms. The van der Waals surface area contributed by atoms with E-state index in [0.717, 1.165) is 0 Å². The van der Waals surface area contributed by atoms with Crippen LogP contribution in [0.1, 0.15) is 11.1 Å². The number of rotatable bonds is 3. The first kappa shape index (κ1) is 16.0. The molecule has 1 aliphatic rings. The summed E-state index contributed by atoms with van der Waals surface area (Å²) in [5.41, 5.74) is 3.67. The van der Waals surface area contributed by atoms with Crippen LogP contribution in [-0.4, -0.2) is 24.8 Å². The molecule has 0 aliphatic carbocycles. The number of nitriles is 1. The molecule has 124 valence electrons. The minimum atomic E-state index is -0.915. The van der Waals surface area contributed by atoms with Gasteiger partial charge >= 0.3 is 11.8 Å². The number of nitrogens with one attached hydrogen (secondary N) is 2. The highest BCUT2D eigenvalue weighted by Crippen LogP contribution is 2.31. The van der Waals surface area contributed by atoms with Gasteiger partial charge in [-0.25, -0.2) is 5.43 Å². The van der Waals surface area contributed by atoms with Gasteiger partial charge in [-0.05, 0) is 48.0 Å². The summed E-state index contributed by atoms with van der Waals surface area (Å²) >= 11 is 0. The quantitative estimate of drug-likeness (QED) is 0.499. The first-order valence-electron chi connectivity index (χ1n) is 7.20. The lowest BCUT2D eigenvalue weighted by Crippen LogP contribution is -2.32. The molecule has 2 N–H and O–H groups in total. The normalized spacial score (nSPS) is 11.8. The van der Waals surface area contributed by atoms with Crippen LogP contribution in [0.2, 0.25) is 0 Å². The third kappa shape index (κ3) is 3.92. The van der Waals surface area contributed by atoms with Crippen LogP contribution >= 0.6 is 0 Å². The molecule has 8 heteroatoms. The zero-order chi connectivity index (χ0) is 17.6. The Labute approximate surface area is 142 Å². The van der Waals surface area contributed by atoms with Gasteiger partial charge in [-0.1, -0.05) is 0 Å². The van der Waals surface area contributed by atoms with Crippen molar-refractivity contribution < 1.29 is 19.1 Å². The zero-order valence-corrected chi connectivity index (χ0v) is 12.9. The highest BCUT2D eigenvalue weighted by Gasteiger charge is 2.14. The van der Waals surface area contributed by atoms with E-state index < -0.39 is 11.8 Å². The van der Waals surface area contributed by atoms with Gasteiger partial charge in [0.05, 0.1) is 17.8 Å². The van der Waals surface area contributed by atoms with Crippen molar-refractivity contribution in [3.8, 4) is 17.6 Å². The number of anilines is 1. The fraction of sp³-hybridized carbons (Fsp3) is 0.0588. The fourth-order valence-electron chi connectivity index (χ4n) is 2.03. The van der Waals surface area contributed by atoms with E-state index in [1.165, 1.54) is 30.5 Å². The van der Waals surface area contributed by atoms with Crippen molar-refractivity contribution in [2.24, 2.45) is 5.10 Å². The average molecular weight is 336 g/mol. The molecule has 0 saturated carbocycles. The first-order chi connectivity index (χ1) is 12.2. The second-order valence-corrected chi connectivity index (χ2v) is 4.96. The standard InChI is InChI=1S/C17H12N4O4/c18-8-11-1-4-13(5-2-11)20-16(22)17(23)21-19-9-12-3-6-14-15(7-12)25-10-24-14/h1-7,9H,10H2,(H,20,22)(H,21,23). The molecule has 0 atom stereocenters.